The third-order valence-corrected chi connectivity index (χ3v) is 3.83. The molecule has 1 aliphatic rings. The molecule has 1 aromatic carbocycles. The molecule has 5 heteroatoms. The summed E-state index contributed by atoms with van der Waals surface area (Å²) in [5.41, 5.74) is 6.64. The zero-order chi connectivity index (χ0) is 13.3. The second kappa shape index (κ2) is 4.78. The molecule has 2 N–H and O–H groups in total. The van der Waals surface area contributed by atoms with E-state index in [0.29, 0.717) is 5.02 Å². The quantitative estimate of drug-likeness (QED) is 0.821. The Kier molecular flexibility index (Phi) is 3.50. The second-order valence-corrected chi connectivity index (χ2v) is 5.00. The predicted molar refractivity (Wildman–Crippen MR) is 70.9 cm³/mol. The average molecular weight is 269 g/mol. The van der Waals surface area contributed by atoms with Gasteiger partial charge in [-0.05, 0) is 37.5 Å². The van der Waals surface area contributed by atoms with Crippen LogP contribution in [0.2, 0.25) is 5.02 Å². The summed E-state index contributed by atoms with van der Waals surface area (Å²) in [5, 5.41) is 0.661. The summed E-state index contributed by atoms with van der Waals surface area (Å²) in [6, 6.07) is 3.72. The van der Waals surface area contributed by atoms with Crippen molar-refractivity contribution in [2.45, 2.75) is 25.2 Å². The molecular formula is C13H17ClN2O2. The molecule has 4 nitrogen and oxygen atoms in total. The van der Waals surface area contributed by atoms with Gasteiger partial charge in [-0.3, -0.25) is 10.2 Å². The van der Waals surface area contributed by atoms with Crippen LogP contribution in [0, 0.1) is 6.92 Å². The molecule has 0 atom stereocenters. The van der Waals surface area contributed by atoms with E-state index < -0.39 is 5.41 Å². The van der Waals surface area contributed by atoms with Crippen molar-refractivity contribution in [2.75, 3.05) is 14.2 Å². The molecule has 2 rings (SSSR count). The van der Waals surface area contributed by atoms with Crippen LogP contribution in [0.5, 0.6) is 5.75 Å². The maximum absolute atomic E-state index is 12.1. The number of hydrogen-bond acceptors (Lipinski definition) is 3. The molecule has 1 saturated carbocycles. The molecule has 0 radical (unpaired) electrons. The van der Waals surface area contributed by atoms with Crippen molar-refractivity contribution in [3.8, 4) is 5.75 Å². The van der Waals surface area contributed by atoms with Gasteiger partial charge in [0.05, 0.1) is 12.5 Å². The standard InChI is InChI=1S/C13H17ClN2O2/c1-8-6-11(18-3)9(7-10(8)14)13(4-5-13)12(17)16-15-2/h6-7,15H,4-5H2,1-3H3,(H,16,17). The Labute approximate surface area is 112 Å². The van der Waals surface area contributed by atoms with Crippen molar-refractivity contribution < 1.29 is 9.53 Å². The van der Waals surface area contributed by atoms with Crippen molar-refractivity contribution in [2.24, 2.45) is 0 Å². The van der Waals surface area contributed by atoms with Gasteiger partial charge in [-0.1, -0.05) is 11.6 Å². The number of nitrogens with one attached hydrogen (secondary N) is 2. The van der Waals surface area contributed by atoms with E-state index in [2.05, 4.69) is 10.9 Å². The summed E-state index contributed by atoms with van der Waals surface area (Å²) in [6.45, 7) is 1.92. The highest BCUT2D eigenvalue weighted by Crippen LogP contribution is 2.52. The Bertz CT molecular complexity index is 484. The highest BCUT2D eigenvalue weighted by atomic mass is 35.5. The van der Waals surface area contributed by atoms with Gasteiger partial charge in [0.15, 0.2) is 0 Å². The van der Waals surface area contributed by atoms with E-state index >= 15 is 0 Å². The van der Waals surface area contributed by atoms with Crippen LogP contribution < -0.4 is 15.6 Å². The first kappa shape index (κ1) is 13.2. The van der Waals surface area contributed by atoms with Gasteiger partial charge in [-0.25, -0.2) is 5.43 Å². The van der Waals surface area contributed by atoms with Gasteiger partial charge < -0.3 is 4.74 Å². The number of rotatable bonds is 4. The lowest BCUT2D eigenvalue weighted by Gasteiger charge is -2.19. The topological polar surface area (TPSA) is 50.4 Å². The van der Waals surface area contributed by atoms with E-state index in [-0.39, 0.29) is 5.91 Å². The molecule has 0 bridgehead atoms. The van der Waals surface area contributed by atoms with E-state index in [1.54, 1.807) is 14.2 Å². The number of hydrogen-bond donors (Lipinski definition) is 2. The van der Waals surface area contributed by atoms with Crippen LogP contribution in [0.15, 0.2) is 12.1 Å². The minimum Gasteiger partial charge on any atom is -0.496 e. The summed E-state index contributed by atoms with van der Waals surface area (Å²) in [7, 11) is 3.28. The van der Waals surface area contributed by atoms with Gasteiger partial charge in [0.25, 0.3) is 0 Å². The Morgan fingerprint density at radius 2 is 2.11 bits per heavy atom. The van der Waals surface area contributed by atoms with Gasteiger partial charge in [0.2, 0.25) is 5.91 Å². The van der Waals surface area contributed by atoms with Crippen molar-refractivity contribution >= 4 is 17.5 Å². The Hall–Kier alpha value is -1.26. The molecule has 0 saturated heterocycles. The number of carbonyl (C=O) groups excluding carboxylic acids is 1. The fourth-order valence-corrected chi connectivity index (χ4v) is 2.34. The monoisotopic (exact) mass is 268 g/mol. The molecule has 1 fully saturated rings. The van der Waals surface area contributed by atoms with Crippen molar-refractivity contribution in [1.82, 2.24) is 10.9 Å². The van der Waals surface area contributed by atoms with E-state index in [4.69, 9.17) is 16.3 Å². The SMILES string of the molecule is CNNC(=O)C1(c2cc(Cl)c(C)cc2OC)CC1. The number of benzene rings is 1. The van der Waals surface area contributed by atoms with Gasteiger partial charge in [-0.2, -0.15) is 0 Å². The molecule has 0 unspecified atom stereocenters. The van der Waals surface area contributed by atoms with Gasteiger partial charge >= 0.3 is 0 Å². The maximum Gasteiger partial charge on any atom is 0.244 e. The first-order valence-electron chi connectivity index (χ1n) is 5.87. The van der Waals surface area contributed by atoms with E-state index in [1.165, 1.54) is 0 Å². The number of amides is 1. The number of methoxy groups -OCH3 is 1. The lowest BCUT2D eigenvalue weighted by molar-refractivity contribution is -0.124. The van der Waals surface area contributed by atoms with E-state index in [1.807, 2.05) is 19.1 Å². The molecule has 1 aromatic rings. The molecular weight excluding hydrogens is 252 g/mol. The zero-order valence-corrected chi connectivity index (χ0v) is 11.5. The normalized spacial score (nSPS) is 16.2. The minimum absolute atomic E-state index is 0.0387. The van der Waals surface area contributed by atoms with Crippen molar-refractivity contribution in [1.29, 1.82) is 0 Å². The van der Waals surface area contributed by atoms with Crippen LogP contribution in [0.25, 0.3) is 0 Å². The third kappa shape index (κ3) is 2.06. The number of hydrazine groups is 1. The smallest absolute Gasteiger partial charge is 0.244 e. The summed E-state index contributed by atoms with van der Waals surface area (Å²) < 4.78 is 5.38. The average Bonchev–Trinajstić information content (AvgIpc) is 3.13. The summed E-state index contributed by atoms with van der Waals surface area (Å²) in [5.74, 6) is 0.684. The van der Waals surface area contributed by atoms with Crippen LogP contribution in [-0.4, -0.2) is 20.1 Å². The Morgan fingerprint density at radius 3 is 2.61 bits per heavy atom. The molecule has 1 amide bonds. The van der Waals surface area contributed by atoms with Crippen LogP contribution in [-0.2, 0) is 10.2 Å². The first-order chi connectivity index (χ1) is 8.55. The molecule has 18 heavy (non-hydrogen) atoms. The van der Waals surface area contributed by atoms with E-state index in [9.17, 15) is 4.79 Å². The molecule has 0 aromatic heterocycles. The fraction of sp³-hybridized carbons (Fsp3) is 0.462. The summed E-state index contributed by atoms with van der Waals surface area (Å²) >= 11 is 6.16. The predicted octanol–water partition coefficient (Wildman–Crippen LogP) is 1.94. The van der Waals surface area contributed by atoms with Crippen LogP contribution >= 0.6 is 11.6 Å². The minimum atomic E-state index is -0.494. The van der Waals surface area contributed by atoms with Gasteiger partial charge in [0.1, 0.15) is 5.75 Å². The lowest BCUT2D eigenvalue weighted by atomic mass is 9.93. The molecule has 0 aliphatic heterocycles. The maximum atomic E-state index is 12.1. The first-order valence-corrected chi connectivity index (χ1v) is 6.25. The molecule has 0 spiro atoms. The van der Waals surface area contributed by atoms with Gasteiger partial charge in [0, 0.05) is 17.6 Å². The molecule has 0 heterocycles. The Morgan fingerprint density at radius 1 is 1.44 bits per heavy atom. The van der Waals surface area contributed by atoms with Crippen molar-refractivity contribution in [3.05, 3.63) is 28.3 Å². The number of halogens is 1. The summed E-state index contributed by atoms with van der Waals surface area (Å²) in [6.07, 6.45) is 1.63. The number of carbonyl (C=O) groups is 1. The largest absolute Gasteiger partial charge is 0.496 e. The van der Waals surface area contributed by atoms with Crippen LogP contribution in [0.1, 0.15) is 24.0 Å². The van der Waals surface area contributed by atoms with Crippen molar-refractivity contribution in [3.63, 3.8) is 0 Å². The lowest BCUT2D eigenvalue weighted by Crippen LogP contribution is -2.41. The fourth-order valence-electron chi connectivity index (χ4n) is 2.17. The molecule has 98 valence electrons. The highest BCUT2D eigenvalue weighted by Gasteiger charge is 2.53. The van der Waals surface area contributed by atoms with Gasteiger partial charge in [-0.15, -0.1) is 0 Å². The van der Waals surface area contributed by atoms with Crippen LogP contribution in [0.3, 0.4) is 0 Å². The highest BCUT2D eigenvalue weighted by molar-refractivity contribution is 6.31. The second-order valence-electron chi connectivity index (χ2n) is 4.59. The van der Waals surface area contributed by atoms with E-state index in [0.717, 1.165) is 29.7 Å². The van der Waals surface area contributed by atoms with Crippen LogP contribution in [0.4, 0.5) is 0 Å². The summed E-state index contributed by atoms with van der Waals surface area (Å²) in [4.78, 5) is 12.1. The number of aryl methyl sites for hydroxylation is 1. The molecule has 1 aliphatic carbocycles. The third-order valence-electron chi connectivity index (χ3n) is 3.42. The number of ether oxygens (including phenoxy) is 1. The Balaban J connectivity index is 2.44. The zero-order valence-electron chi connectivity index (χ0n) is 10.8.